The molecule has 2 N–H and O–H groups in total. The first-order valence-corrected chi connectivity index (χ1v) is 7.86. The summed E-state index contributed by atoms with van der Waals surface area (Å²) in [5.41, 5.74) is 0. The van der Waals surface area contributed by atoms with Gasteiger partial charge in [-0.05, 0) is 32.1 Å². The Morgan fingerprint density at radius 1 is 1.24 bits per heavy atom. The van der Waals surface area contributed by atoms with Gasteiger partial charge in [-0.15, -0.1) is 24.0 Å². The summed E-state index contributed by atoms with van der Waals surface area (Å²) >= 11 is 0. The summed E-state index contributed by atoms with van der Waals surface area (Å²) in [4.78, 5) is 4.20. The molecule has 0 saturated heterocycles. The summed E-state index contributed by atoms with van der Waals surface area (Å²) in [6.07, 6.45) is 6.82. The SMILES string of the molecule is CCOC(CCNC(=NC)NCCOC)C1CCCC1.I. The second kappa shape index (κ2) is 13.6. The first-order chi connectivity index (χ1) is 9.81. The summed E-state index contributed by atoms with van der Waals surface area (Å²) in [5.74, 6) is 1.59. The lowest BCUT2D eigenvalue weighted by molar-refractivity contribution is 0.0169. The molecule has 1 rings (SSSR count). The van der Waals surface area contributed by atoms with Crippen LogP contribution in [0.15, 0.2) is 4.99 Å². The Kier molecular flexibility index (Phi) is 13.5. The summed E-state index contributed by atoms with van der Waals surface area (Å²) in [7, 11) is 3.49. The fraction of sp³-hybridized carbons (Fsp3) is 0.933. The number of hydrogen-bond donors (Lipinski definition) is 2. The first kappa shape index (κ1) is 20.9. The summed E-state index contributed by atoms with van der Waals surface area (Å²) in [6.45, 7) is 5.24. The van der Waals surface area contributed by atoms with Crippen LogP contribution >= 0.6 is 24.0 Å². The molecule has 0 aromatic heterocycles. The molecule has 1 unspecified atom stereocenters. The van der Waals surface area contributed by atoms with Crippen molar-refractivity contribution in [1.29, 1.82) is 0 Å². The van der Waals surface area contributed by atoms with E-state index in [9.17, 15) is 0 Å². The van der Waals surface area contributed by atoms with E-state index in [0.29, 0.717) is 12.7 Å². The van der Waals surface area contributed by atoms with Crippen molar-refractivity contribution < 1.29 is 9.47 Å². The highest BCUT2D eigenvalue weighted by Crippen LogP contribution is 2.30. The molecule has 0 radical (unpaired) electrons. The second-order valence-corrected chi connectivity index (χ2v) is 5.25. The van der Waals surface area contributed by atoms with E-state index in [1.54, 1.807) is 14.2 Å². The maximum atomic E-state index is 5.92. The van der Waals surface area contributed by atoms with Gasteiger partial charge in [-0.25, -0.2) is 0 Å². The van der Waals surface area contributed by atoms with Gasteiger partial charge in [-0.3, -0.25) is 4.99 Å². The molecule has 0 aromatic carbocycles. The van der Waals surface area contributed by atoms with Gasteiger partial charge in [0.05, 0.1) is 12.7 Å². The number of methoxy groups -OCH3 is 1. The molecular formula is C15H32IN3O2. The van der Waals surface area contributed by atoms with Gasteiger partial charge in [-0.2, -0.15) is 0 Å². The second-order valence-electron chi connectivity index (χ2n) is 5.25. The number of ether oxygens (including phenoxy) is 2. The van der Waals surface area contributed by atoms with Crippen LogP contribution in [0, 0.1) is 5.92 Å². The van der Waals surface area contributed by atoms with E-state index in [4.69, 9.17) is 9.47 Å². The molecule has 0 aromatic rings. The molecule has 0 spiro atoms. The smallest absolute Gasteiger partial charge is 0.191 e. The van der Waals surface area contributed by atoms with Crippen LogP contribution < -0.4 is 10.6 Å². The van der Waals surface area contributed by atoms with Crippen LogP contribution in [0.5, 0.6) is 0 Å². The molecule has 1 atom stereocenters. The average molecular weight is 413 g/mol. The summed E-state index contributed by atoms with van der Waals surface area (Å²) in [5, 5.41) is 6.56. The Balaban J connectivity index is 0.00000400. The van der Waals surface area contributed by atoms with Gasteiger partial charge in [0, 0.05) is 33.9 Å². The largest absolute Gasteiger partial charge is 0.383 e. The number of hydrogen-bond acceptors (Lipinski definition) is 3. The third-order valence-corrected chi connectivity index (χ3v) is 3.85. The normalized spacial score (nSPS) is 17.4. The van der Waals surface area contributed by atoms with Gasteiger partial charge in [0.1, 0.15) is 0 Å². The molecule has 1 aliphatic carbocycles. The average Bonchev–Trinajstić information content (AvgIpc) is 2.99. The highest BCUT2D eigenvalue weighted by Gasteiger charge is 2.24. The third-order valence-electron chi connectivity index (χ3n) is 3.85. The quantitative estimate of drug-likeness (QED) is 0.264. The Hall–Kier alpha value is -0.0800. The molecule has 6 heteroatoms. The van der Waals surface area contributed by atoms with Crippen LogP contribution in [-0.4, -0.2) is 52.5 Å². The minimum absolute atomic E-state index is 0. The van der Waals surface area contributed by atoms with Gasteiger partial charge >= 0.3 is 0 Å². The fourth-order valence-electron chi connectivity index (χ4n) is 2.82. The predicted octanol–water partition coefficient (Wildman–Crippen LogP) is 2.40. The minimum Gasteiger partial charge on any atom is -0.383 e. The maximum Gasteiger partial charge on any atom is 0.191 e. The zero-order chi connectivity index (χ0) is 14.6. The molecule has 1 fully saturated rings. The Bertz CT molecular complexity index is 272. The van der Waals surface area contributed by atoms with E-state index in [1.165, 1.54) is 25.7 Å². The van der Waals surface area contributed by atoms with Gasteiger partial charge in [0.15, 0.2) is 5.96 Å². The Labute approximate surface area is 146 Å². The van der Waals surface area contributed by atoms with E-state index in [0.717, 1.165) is 38.0 Å². The number of nitrogens with zero attached hydrogens (tertiary/aromatic N) is 1. The zero-order valence-electron chi connectivity index (χ0n) is 13.7. The van der Waals surface area contributed by atoms with Crippen molar-refractivity contribution >= 4 is 29.9 Å². The molecule has 126 valence electrons. The van der Waals surface area contributed by atoms with Gasteiger partial charge in [-0.1, -0.05) is 12.8 Å². The van der Waals surface area contributed by atoms with E-state index < -0.39 is 0 Å². The zero-order valence-corrected chi connectivity index (χ0v) is 16.0. The lowest BCUT2D eigenvalue weighted by Crippen LogP contribution is -2.40. The van der Waals surface area contributed by atoms with Gasteiger partial charge in [0.25, 0.3) is 0 Å². The molecule has 1 saturated carbocycles. The van der Waals surface area contributed by atoms with Crippen LogP contribution in [0.2, 0.25) is 0 Å². The predicted molar refractivity (Wildman–Crippen MR) is 98.6 cm³/mol. The highest BCUT2D eigenvalue weighted by atomic mass is 127. The van der Waals surface area contributed by atoms with Crippen molar-refractivity contribution in [3.63, 3.8) is 0 Å². The molecule has 21 heavy (non-hydrogen) atoms. The summed E-state index contributed by atoms with van der Waals surface area (Å²) < 4.78 is 10.9. The number of nitrogens with one attached hydrogen (secondary N) is 2. The number of aliphatic imine (C=N–C) groups is 1. The molecule has 0 amide bonds. The number of guanidine groups is 1. The van der Waals surface area contributed by atoms with Gasteiger partial charge in [0.2, 0.25) is 0 Å². The highest BCUT2D eigenvalue weighted by molar-refractivity contribution is 14.0. The first-order valence-electron chi connectivity index (χ1n) is 7.86. The van der Waals surface area contributed by atoms with E-state index in [1.807, 2.05) is 0 Å². The standard InChI is InChI=1S/C15H31N3O2.HI/c1-4-20-14(13-7-5-6-8-13)9-10-17-15(16-2)18-11-12-19-3;/h13-14H,4-12H2,1-3H3,(H2,16,17,18);1H. The van der Waals surface area contributed by atoms with Gasteiger partial charge < -0.3 is 20.1 Å². The van der Waals surface area contributed by atoms with Crippen LogP contribution in [0.3, 0.4) is 0 Å². The fourth-order valence-corrected chi connectivity index (χ4v) is 2.82. The van der Waals surface area contributed by atoms with Crippen molar-refractivity contribution in [1.82, 2.24) is 10.6 Å². The third kappa shape index (κ3) is 8.83. The summed E-state index contributed by atoms with van der Waals surface area (Å²) in [6, 6.07) is 0. The van der Waals surface area contributed by atoms with Crippen LogP contribution in [0.1, 0.15) is 39.0 Å². The van der Waals surface area contributed by atoms with Crippen LogP contribution in [-0.2, 0) is 9.47 Å². The Morgan fingerprint density at radius 3 is 2.48 bits per heavy atom. The molecule has 0 aliphatic heterocycles. The lowest BCUT2D eigenvalue weighted by atomic mass is 9.98. The topological polar surface area (TPSA) is 54.9 Å². The maximum absolute atomic E-state index is 5.92. The molecule has 5 nitrogen and oxygen atoms in total. The lowest BCUT2D eigenvalue weighted by Gasteiger charge is -2.24. The number of rotatable bonds is 9. The van der Waals surface area contributed by atoms with E-state index in [-0.39, 0.29) is 24.0 Å². The van der Waals surface area contributed by atoms with Crippen LogP contribution in [0.4, 0.5) is 0 Å². The molecule has 0 bridgehead atoms. The molecular weight excluding hydrogens is 381 g/mol. The van der Waals surface area contributed by atoms with Crippen molar-refractivity contribution in [2.45, 2.75) is 45.1 Å². The van der Waals surface area contributed by atoms with Crippen molar-refractivity contribution in [3.05, 3.63) is 0 Å². The Morgan fingerprint density at radius 2 is 1.90 bits per heavy atom. The van der Waals surface area contributed by atoms with E-state index in [2.05, 4.69) is 22.5 Å². The molecule has 0 heterocycles. The van der Waals surface area contributed by atoms with Crippen molar-refractivity contribution in [2.24, 2.45) is 10.9 Å². The van der Waals surface area contributed by atoms with Crippen LogP contribution in [0.25, 0.3) is 0 Å². The number of halogens is 1. The monoisotopic (exact) mass is 413 g/mol. The molecule has 1 aliphatic rings. The van der Waals surface area contributed by atoms with Crippen molar-refractivity contribution in [2.75, 3.05) is 40.5 Å². The van der Waals surface area contributed by atoms with Crippen molar-refractivity contribution in [3.8, 4) is 0 Å². The minimum atomic E-state index is 0. The van der Waals surface area contributed by atoms with E-state index >= 15 is 0 Å².